The average molecular weight is 480 g/mol. The van der Waals surface area contributed by atoms with Crippen LogP contribution in [0.5, 0.6) is 0 Å². The zero-order valence-electron chi connectivity index (χ0n) is 18.7. The van der Waals surface area contributed by atoms with E-state index in [1.165, 1.54) is 40.0 Å². The van der Waals surface area contributed by atoms with Gasteiger partial charge in [-0.15, -0.1) is 0 Å². The van der Waals surface area contributed by atoms with Gasteiger partial charge in [-0.3, -0.25) is 19.8 Å². The molecule has 0 N–H and O–H groups in total. The highest BCUT2D eigenvalue weighted by molar-refractivity contribution is 7.22. The van der Waals surface area contributed by atoms with E-state index in [1.54, 1.807) is 0 Å². The molecule has 176 valence electrons. The first kappa shape index (κ1) is 24.0. The van der Waals surface area contributed by atoms with Gasteiger partial charge >= 0.3 is 6.18 Å². The number of aromatic nitrogens is 1. The lowest BCUT2D eigenvalue weighted by molar-refractivity contribution is -0.381. The Hall–Kier alpha value is -2.14. The van der Waals surface area contributed by atoms with E-state index in [9.17, 15) is 28.1 Å². The molecule has 1 saturated heterocycles. The Morgan fingerprint density at radius 1 is 1.09 bits per heavy atom. The molecular weight excluding hydrogens is 455 g/mol. The van der Waals surface area contributed by atoms with Gasteiger partial charge in [-0.1, -0.05) is 36.1 Å². The molecule has 1 aromatic carbocycles. The topological polar surface area (TPSA) is 79.6 Å². The third kappa shape index (κ3) is 4.75. The third-order valence-electron chi connectivity index (χ3n) is 6.88. The van der Waals surface area contributed by atoms with E-state index in [-0.39, 0.29) is 15.5 Å². The quantitative estimate of drug-likeness (QED) is 0.366. The van der Waals surface area contributed by atoms with Crippen molar-refractivity contribution in [2.75, 3.05) is 37.6 Å². The molecule has 0 amide bonds. The van der Waals surface area contributed by atoms with Crippen LogP contribution in [-0.2, 0) is 6.18 Å². The van der Waals surface area contributed by atoms with Gasteiger partial charge in [0.15, 0.2) is 5.13 Å². The second-order valence-electron chi connectivity index (χ2n) is 9.03. The van der Waals surface area contributed by atoms with Crippen molar-refractivity contribution in [3.05, 3.63) is 26.0 Å². The van der Waals surface area contributed by atoms with Crippen molar-refractivity contribution in [2.45, 2.75) is 38.3 Å². The average Bonchev–Trinajstić information content (AvgIpc) is 2.73. The van der Waals surface area contributed by atoms with Crippen molar-refractivity contribution >= 4 is 58.9 Å². The van der Waals surface area contributed by atoms with Crippen LogP contribution in [0, 0.1) is 16.0 Å². The fraction of sp³-hybridized carbons (Fsp3) is 0.600. The van der Waals surface area contributed by atoms with Crippen LogP contribution in [-0.4, -0.2) is 63.2 Å². The summed E-state index contributed by atoms with van der Waals surface area (Å²) in [5.41, 5.74) is -3.42. The van der Waals surface area contributed by atoms with Crippen LogP contribution >= 0.6 is 11.3 Å². The maximum Gasteiger partial charge on any atom is 0.415 e. The first-order valence-electron chi connectivity index (χ1n) is 11.2. The van der Waals surface area contributed by atoms with E-state index in [2.05, 4.69) is 9.88 Å². The zero-order chi connectivity index (χ0) is 23.9. The molecule has 1 aliphatic heterocycles. The van der Waals surface area contributed by atoms with Gasteiger partial charge in [0.1, 0.15) is 20.4 Å². The number of benzene rings is 1. The number of rotatable bonds is 4. The molecule has 0 spiro atoms. The maximum atomic E-state index is 13.6. The van der Waals surface area contributed by atoms with Crippen LogP contribution in [0.2, 0.25) is 0 Å². The summed E-state index contributed by atoms with van der Waals surface area (Å²) in [7, 11) is 2.27. The summed E-state index contributed by atoms with van der Waals surface area (Å²) in [6.45, 7) is 3.88. The molecule has 7 nitrogen and oxygen atoms in total. The van der Waals surface area contributed by atoms with Gasteiger partial charge in [-0.25, -0.2) is 0 Å². The largest absolute Gasteiger partial charge is 0.415 e. The van der Waals surface area contributed by atoms with Gasteiger partial charge in [0.25, 0.3) is 11.2 Å². The first-order valence-corrected chi connectivity index (χ1v) is 12.1. The van der Waals surface area contributed by atoms with Crippen LogP contribution in [0.3, 0.4) is 0 Å². The Bertz CT molecular complexity index is 1130. The van der Waals surface area contributed by atoms with Crippen molar-refractivity contribution < 1.29 is 18.1 Å². The number of nitro benzene ring substituents is 1. The van der Waals surface area contributed by atoms with Gasteiger partial charge in [-0.05, 0) is 18.8 Å². The molecule has 2 aromatic rings. The highest BCUT2D eigenvalue weighted by Crippen LogP contribution is 2.35. The van der Waals surface area contributed by atoms with Gasteiger partial charge in [0.05, 0.1) is 15.9 Å². The number of halogens is 3. The number of hydrogen-bond donors (Lipinski definition) is 0. The molecule has 2 fully saturated rings. The molecule has 4 rings (SSSR count). The summed E-state index contributed by atoms with van der Waals surface area (Å²) in [5.74, 6) is 0.719. The minimum atomic E-state index is -4.81. The molecule has 0 radical (unpaired) electrons. The Kier molecular flexibility index (Phi) is 6.73. The number of piperazine rings is 1. The summed E-state index contributed by atoms with van der Waals surface area (Å²) in [6.07, 6.45) is 1.59. The van der Waals surface area contributed by atoms with E-state index >= 15 is 0 Å². The lowest BCUT2D eigenvalue weighted by Crippen LogP contribution is -2.48. The summed E-state index contributed by atoms with van der Waals surface area (Å²) >= 11 is 0.934. The van der Waals surface area contributed by atoms with Crippen molar-refractivity contribution in [1.29, 1.82) is 0 Å². The van der Waals surface area contributed by atoms with Crippen molar-refractivity contribution in [1.82, 2.24) is 9.88 Å². The number of anilines is 1. The van der Waals surface area contributed by atoms with Gasteiger partial charge in [-0.2, -0.15) is 18.2 Å². The van der Waals surface area contributed by atoms with Gasteiger partial charge in [0, 0.05) is 38.2 Å². The fourth-order valence-electron chi connectivity index (χ4n) is 5.23. The Morgan fingerprint density at radius 2 is 1.73 bits per heavy atom. The van der Waals surface area contributed by atoms with Crippen molar-refractivity contribution in [3.8, 4) is 0 Å². The van der Waals surface area contributed by atoms with Crippen LogP contribution in [0.25, 0.3) is 10.1 Å². The predicted octanol–water partition coefficient (Wildman–Crippen LogP) is 0.803. The maximum absolute atomic E-state index is 13.6. The van der Waals surface area contributed by atoms with Gasteiger partial charge < -0.3 is 4.90 Å². The lowest BCUT2D eigenvalue weighted by atomic mass is 9.77. The minimum Gasteiger partial charge on any atom is -0.345 e. The van der Waals surface area contributed by atoms with E-state index in [0.29, 0.717) is 18.2 Å². The van der Waals surface area contributed by atoms with E-state index < -0.39 is 33.4 Å². The van der Waals surface area contributed by atoms with E-state index in [4.69, 9.17) is 0 Å². The Labute approximate surface area is 194 Å². The van der Waals surface area contributed by atoms with Crippen LogP contribution in [0.1, 0.15) is 37.7 Å². The second kappa shape index (κ2) is 9.25. The molecular formula is C20H25B2F3N4O3S. The van der Waals surface area contributed by atoms with Crippen LogP contribution < -0.4 is 21.4 Å². The fourth-order valence-corrected chi connectivity index (χ4v) is 6.52. The Morgan fingerprint density at radius 3 is 2.30 bits per heavy atom. The number of nitrogens with zero attached hydrogens (tertiary/aromatic N) is 4. The number of nitro groups is 1. The predicted molar refractivity (Wildman–Crippen MR) is 129 cm³/mol. The monoisotopic (exact) mass is 480 g/mol. The zero-order valence-corrected chi connectivity index (χ0v) is 19.5. The summed E-state index contributed by atoms with van der Waals surface area (Å²) in [4.78, 5) is 32.1. The second-order valence-corrected chi connectivity index (χ2v) is 10.0. The highest BCUT2D eigenvalue weighted by Gasteiger charge is 2.39. The van der Waals surface area contributed by atoms with E-state index in [1.807, 2.05) is 4.90 Å². The molecule has 33 heavy (non-hydrogen) atoms. The summed E-state index contributed by atoms with van der Waals surface area (Å²) in [5, 5.41) is 11.8. The van der Waals surface area contributed by atoms with Gasteiger partial charge in [0.2, 0.25) is 0 Å². The molecule has 1 saturated carbocycles. The molecule has 1 aromatic heterocycles. The molecule has 0 bridgehead atoms. The number of alkyl halides is 3. The third-order valence-corrected chi connectivity index (χ3v) is 8.01. The number of fused-ring (bicyclic) bond motifs is 1. The summed E-state index contributed by atoms with van der Waals surface area (Å²) < 4.78 is 40.9. The first-order chi connectivity index (χ1) is 15.6. The SMILES string of the molecule is Bc1c(C(F)(F)F)c(B)c2c(=O)nc(N3CCN(CC4CCCCC4)CC3)sc2c1[N+](=O)[O-]. The van der Waals surface area contributed by atoms with Crippen LogP contribution in [0.15, 0.2) is 4.79 Å². The van der Waals surface area contributed by atoms with Crippen molar-refractivity contribution in [3.63, 3.8) is 0 Å². The molecule has 0 unspecified atom stereocenters. The number of hydrogen-bond acceptors (Lipinski definition) is 7. The molecule has 0 atom stereocenters. The summed E-state index contributed by atoms with van der Waals surface area (Å²) in [6, 6.07) is 0. The Balaban J connectivity index is 1.66. The molecule has 1 aliphatic carbocycles. The van der Waals surface area contributed by atoms with Crippen molar-refractivity contribution in [2.24, 2.45) is 5.92 Å². The minimum absolute atomic E-state index is 0.0392. The smallest absolute Gasteiger partial charge is 0.345 e. The molecule has 2 heterocycles. The molecule has 13 heteroatoms. The highest BCUT2D eigenvalue weighted by atomic mass is 32.1. The standard InChI is InChI=1S/C20H25B2F3N4O3S/c21-14-12-17(16(29(31)32)15(22)13(14)20(23,24)25)33-19(26-18(12)30)28-8-6-27(7-9-28)10-11-4-2-1-3-5-11/h11H,1-10,21-22H2. The normalized spacial score (nSPS) is 18.7. The lowest BCUT2D eigenvalue weighted by Gasteiger charge is -2.37. The van der Waals surface area contributed by atoms with E-state index in [0.717, 1.165) is 44.7 Å². The van der Waals surface area contributed by atoms with Crippen LogP contribution in [0.4, 0.5) is 24.0 Å². The molecule has 2 aliphatic rings.